The molecule has 0 atom stereocenters. The van der Waals surface area contributed by atoms with Crippen molar-refractivity contribution in [3.8, 4) is 0 Å². The molecular weight excluding hydrogens is 260 g/mol. The molecule has 0 saturated carbocycles. The first-order valence-corrected chi connectivity index (χ1v) is 7.59. The van der Waals surface area contributed by atoms with Crippen molar-refractivity contribution in [2.45, 2.75) is 52.6 Å². The fourth-order valence-electron chi connectivity index (χ4n) is 1.39. The van der Waals surface area contributed by atoms with E-state index in [0.717, 1.165) is 12.8 Å². The van der Waals surface area contributed by atoms with Crippen LogP contribution in [0.4, 0.5) is 0 Å². The van der Waals surface area contributed by atoms with Crippen LogP contribution < -0.4 is 0 Å². The van der Waals surface area contributed by atoms with E-state index in [0.29, 0.717) is 52.5 Å². The quantitative estimate of drug-likeness (QED) is 0.363. The van der Waals surface area contributed by atoms with Gasteiger partial charge in [0.15, 0.2) is 0 Å². The summed E-state index contributed by atoms with van der Waals surface area (Å²) in [4.78, 5) is 11.3. The molecule has 0 aliphatic heterocycles. The van der Waals surface area contributed by atoms with Gasteiger partial charge in [0.2, 0.25) is 0 Å². The van der Waals surface area contributed by atoms with E-state index in [-0.39, 0.29) is 12.1 Å². The molecule has 0 radical (unpaired) electrons. The Labute approximate surface area is 122 Å². The van der Waals surface area contributed by atoms with Crippen molar-refractivity contribution >= 4 is 5.97 Å². The van der Waals surface area contributed by atoms with Crippen molar-refractivity contribution in [1.82, 2.24) is 0 Å². The van der Waals surface area contributed by atoms with E-state index in [1.807, 2.05) is 13.8 Å². The van der Waals surface area contributed by atoms with Crippen molar-refractivity contribution in [3.05, 3.63) is 0 Å². The Balaban J connectivity index is 3.11. The van der Waals surface area contributed by atoms with Gasteiger partial charge in [0.1, 0.15) is 0 Å². The van der Waals surface area contributed by atoms with Crippen LogP contribution >= 0.6 is 0 Å². The molecule has 5 nitrogen and oxygen atoms in total. The Morgan fingerprint density at radius 1 is 0.900 bits per heavy atom. The molecule has 0 aliphatic rings. The maximum Gasteiger partial charge on any atom is 0.305 e. The van der Waals surface area contributed by atoms with Gasteiger partial charge in [0.25, 0.3) is 0 Å². The van der Waals surface area contributed by atoms with Crippen LogP contribution in [-0.2, 0) is 23.7 Å². The van der Waals surface area contributed by atoms with E-state index in [9.17, 15) is 4.79 Å². The highest BCUT2D eigenvalue weighted by Crippen LogP contribution is 1.96. The fraction of sp³-hybridized carbons (Fsp3) is 0.933. The lowest BCUT2D eigenvalue weighted by atomic mass is 10.3. The van der Waals surface area contributed by atoms with E-state index in [1.165, 1.54) is 0 Å². The lowest BCUT2D eigenvalue weighted by Gasteiger charge is -2.08. The van der Waals surface area contributed by atoms with Crippen LogP contribution in [0.2, 0.25) is 0 Å². The van der Waals surface area contributed by atoms with Crippen LogP contribution in [-0.4, -0.2) is 51.7 Å². The minimum Gasteiger partial charge on any atom is -0.466 e. The standard InChI is InChI=1S/C15H30O5/c1-4-5-9-20-15(16)7-6-8-17-10-11-18-12-13-19-14(2)3/h14H,4-13H2,1-3H3. The van der Waals surface area contributed by atoms with E-state index in [4.69, 9.17) is 18.9 Å². The summed E-state index contributed by atoms with van der Waals surface area (Å²) in [6, 6.07) is 0. The van der Waals surface area contributed by atoms with Gasteiger partial charge >= 0.3 is 5.97 Å². The summed E-state index contributed by atoms with van der Waals surface area (Å²) in [5.41, 5.74) is 0. The predicted octanol–water partition coefficient (Wildman–Crippen LogP) is 2.57. The van der Waals surface area contributed by atoms with Gasteiger partial charge in [-0.1, -0.05) is 13.3 Å². The first kappa shape index (κ1) is 19.4. The van der Waals surface area contributed by atoms with E-state index in [1.54, 1.807) is 0 Å². The summed E-state index contributed by atoms with van der Waals surface area (Å²) in [5.74, 6) is -0.135. The summed E-state index contributed by atoms with van der Waals surface area (Å²) in [7, 11) is 0. The summed E-state index contributed by atoms with van der Waals surface area (Å²) in [6.07, 6.45) is 3.33. The van der Waals surface area contributed by atoms with Gasteiger partial charge in [-0.2, -0.15) is 0 Å². The summed E-state index contributed by atoms with van der Waals surface area (Å²) < 4.78 is 21.1. The molecule has 120 valence electrons. The molecule has 0 heterocycles. The summed E-state index contributed by atoms with van der Waals surface area (Å²) in [6.45, 7) is 9.46. The first-order chi connectivity index (χ1) is 9.66. The second-order valence-electron chi connectivity index (χ2n) is 4.82. The third-order valence-corrected chi connectivity index (χ3v) is 2.48. The number of esters is 1. The van der Waals surface area contributed by atoms with Gasteiger partial charge in [-0.3, -0.25) is 4.79 Å². The molecule has 0 fully saturated rings. The van der Waals surface area contributed by atoms with Gasteiger partial charge in [-0.15, -0.1) is 0 Å². The molecule has 0 N–H and O–H groups in total. The van der Waals surface area contributed by atoms with Gasteiger partial charge < -0.3 is 18.9 Å². The van der Waals surface area contributed by atoms with Crippen molar-refractivity contribution in [3.63, 3.8) is 0 Å². The molecule has 0 spiro atoms. The normalized spacial score (nSPS) is 11.0. The number of unbranched alkanes of at least 4 members (excludes halogenated alkanes) is 1. The Hall–Kier alpha value is -0.650. The summed E-state index contributed by atoms with van der Waals surface area (Å²) in [5, 5.41) is 0. The zero-order valence-electron chi connectivity index (χ0n) is 13.2. The second-order valence-corrected chi connectivity index (χ2v) is 4.82. The number of hydrogen-bond acceptors (Lipinski definition) is 5. The SMILES string of the molecule is CCCCOC(=O)CCCOCCOCCOC(C)C. The number of rotatable bonds is 14. The van der Waals surface area contributed by atoms with E-state index < -0.39 is 0 Å². The Morgan fingerprint density at radius 2 is 1.55 bits per heavy atom. The average Bonchev–Trinajstić information content (AvgIpc) is 2.41. The minimum atomic E-state index is -0.135. The zero-order chi connectivity index (χ0) is 15.1. The topological polar surface area (TPSA) is 54.0 Å². The molecule has 0 aromatic carbocycles. The molecule has 0 bridgehead atoms. The van der Waals surface area contributed by atoms with E-state index in [2.05, 4.69) is 6.92 Å². The highest BCUT2D eigenvalue weighted by Gasteiger charge is 2.01. The average molecular weight is 290 g/mol. The fourth-order valence-corrected chi connectivity index (χ4v) is 1.39. The lowest BCUT2D eigenvalue weighted by molar-refractivity contribution is -0.144. The molecule has 0 aromatic rings. The molecule has 5 heteroatoms. The minimum absolute atomic E-state index is 0.135. The highest BCUT2D eigenvalue weighted by atomic mass is 16.5. The first-order valence-electron chi connectivity index (χ1n) is 7.59. The lowest BCUT2D eigenvalue weighted by Crippen LogP contribution is -2.13. The highest BCUT2D eigenvalue weighted by molar-refractivity contribution is 5.69. The Bertz CT molecular complexity index is 218. The second kappa shape index (κ2) is 14.8. The Kier molecular flexibility index (Phi) is 14.3. The van der Waals surface area contributed by atoms with Crippen LogP contribution in [0.3, 0.4) is 0 Å². The maximum absolute atomic E-state index is 11.3. The number of carbonyl (C=O) groups excluding carboxylic acids is 1. The van der Waals surface area contributed by atoms with Crippen molar-refractivity contribution in [1.29, 1.82) is 0 Å². The summed E-state index contributed by atoms with van der Waals surface area (Å²) >= 11 is 0. The van der Waals surface area contributed by atoms with Gasteiger partial charge in [0.05, 0.1) is 39.1 Å². The zero-order valence-corrected chi connectivity index (χ0v) is 13.2. The van der Waals surface area contributed by atoms with Crippen molar-refractivity contribution in [2.24, 2.45) is 0 Å². The molecule has 0 saturated heterocycles. The third-order valence-electron chi connectivity index (χ3n) is 2.48. The maximum atomic E-state index is 11.3. The van der Waals surface area contributed by atoms with Gasteiger partial charge in [-0.05, 0) is 26.7 Å². The molecule has 0 amide bonds. The number of ether oxygens (including phenoxy) is 4. The van der Waals surface area contributed by atoms with Crippen LogP contribution in [0.25, 0.3) is 0 Å². The molecule has 0 unspecified atom stereocenters. The molecule has 0 rings (SSSR count). The van der Waals surface area contributed by atoms with E-state index >= 15 is 0 Å². The molecular formula is C15H30O5. The Morgan fingerprint density at radius 3 is 2.20 bits per heavy atom. The van der Waals surface area contributed by atoms with Crippen LogP contribution in [0, 0.1) is 0 Å². The van der Waals surface area contributed by atoms with Gasteiger partial charge in [-0.25, -0.2) is 0 Å². The third kappa shape index (κ3) is 15.4. The van der Waals surface area contributed by atoms with Crippen LogP contribution in [0.15, 0.2) is 0 Å². The molecule has 0 aliphatic carbocycles. The molecule has 0 aromatic heterocycles. The largest absolute Gasteiger partial charge is 0.466 e. The van der Waals surface area contributed by atoms with Crippen LogP contribution in [0.5, 0.6) is 0 Å². The van der Waals surface area contributed by atoms with Crippen LogP contribution in [0.1, 0.15) is 46.5 Å². The van der Waals surface area contributed by atoms with Gasteiger partial charge in [0, 0.05) is 13.0 Å². The number of carbonyl (C=O) groups is 1. The number of hydrogen-bond donors (Lipinski definition) is 0. The van der Waals surface area contributed by atoms with Crippen molar-refractivity contribution < 1.29 is 23.7 Å². The monoisotopic (exact) mass is 290 g/mol. The predicted molar refractivity (Wildman–Crippen MR) is 77.8 cm³/mol. The van der Waals surface area contributed by atoms with Crippen molar-refractivity contribution in [2.75, 3.05) is 39.6 Å². The smallest absolute Gasteiger partial charge is 0.305 e. The molecule has 20 heavy (non-hydrogen) atoms.